The molecule has 0 bridgehead atoms. The minimum atomic E-state index is -0.506. The van der Waals surface area contributed by atoms with Crippen molar-refractivity contribution in [2.75, 3.05) is 139 Å². The zero-order valence-electron chi connectivity index (χ0n) is 21.2. The van der Waals surface area contributed by atoms with Crippen LogP contribution in [-0.4, -0.2) is 139 Å². The summed E-state index contributed by atoms with van der Waals surface area (Å²) in [4.78, 5) is 0. The van der Waals surface area contributed by atoms with Crippen LogP contribution in [0.4, 0.5) is 13.2 Å². The van der Waals surface area contributed by atoms with Gasteiger partial charge in [-0.2, -0.15) is 0 Å². The topological polar surface area (TPSA) is 83.1 Å². The van der Waals surface area contributed by atoms with Crippen LogP contribution in [0, 0.1) is 5.41 Å². The summed E-state index contributed by atoms with van der Waals surface area (Å²) in [5.74, 6) is 0. The van der Waals surface area contributed by atoms with E-state index in [0.29, 0.717) is 99.1 Å². The fraction of sp³-hybridized carbons (Fsp3) is 1.00. The van der Waals surface area contributed by atoms with E-state index >= 15 is 0 Å². The molecule has 0 unspecified atom stereocenters. The second-order valence-electron chi connectivity index (χ2n) is 7.71. The summed E-state index contributed by atoms with van der Waals surface area (Å²) in [6, 6.07) is 0. The predicted molar refractivity (Wildman–Crippen MR) is 123 cm³/mol. The van der Waals surface area contributed by atoms with Crippen molar-refractivity contribution >= 4 is 0 Å². The first kappa shape index (κ1) is 34.4. The van der Waals surface area contributed by atoms with E-state index in [-0.39, 0.29) is 19.8 Å². The Kier molecular flexibility index (Phi) is 27.6. The zero-order valence-corrected chi connectivity index (χ0v) is 21.2. The van der Waals surface area contributed by atoms with E-state index in [0.717, 1.165) is 0 Å². The quantitative estimate of drug-likeness (QED) is 0.132. The number of hydrogen-bond acceptors (Lipinski definition) is 9. The standard InChI is InChI=1S/C23H45F3O9/c1-23(20-33-17-14-30-11-8-27-5-2-24,21-34-18-15-31-12-9-28-6-3-25)22-35-19-16-32-13-10-29-7-4-26/h2-22H2,1H3. The first-order valence-electron chi connectivity index (χ1n) is 12.1. The molecule has 0 heterocycles. The van der Waals surface area contributed by atoms with E-state index in [9.17, 15) is 13.2 Å². The molecule has 0 radical (unpaired) electrons. The fourth-order valence-electron chi connectivity index (χ4n) is 2.56. The number of hydrogen-bond donors (Lipinski definition) is 0. The van der Waals surface area contributed by atoms with Gasteiger partial charge in [0.1, 0.15) is 20.0 Å². The second-order valence-corrected chi connectivity index (χ2v) is 7.71. The fourth-order valence-corrected chi connectivity index (χ4v) is 2.56. The number of alkyl halides is 3. The molecular formula is C23H45F3O9. The summed E-state index contributed by atoms with van der Waals surface area (Å²) in [7, 11) is 0. The smallest absolute Gasteiger partial charge is 0.113 e. The predicted octanol–water partition coefficient (Wildman–Crippen LogP) is 2.05. The molecule has 0 atom stereocenters. The van der Waals surface area contributed by atoms with Crippen LogP contribution in [0.3, 0.4) is 0 Å². The number of ether oxygens (including phenoxy) is 9. The van der Waals surface area contributed by atoms with Crippen LogP contribution in [0.15, 0.2) is 0 Å². The molecular weight excluding hydrogens is 477 g/mol. The molecule has 0 saturated carbocycles. The molecule has 0 aromatic rings. The summed E-state index contributed by atoms with van der Waals surface area (Å²) >= 11 is 0. The first-order chi connectivity index (χ1) is 17.2. The zero-order chi connectivity index (χ0) is 25.7. The molecule has 212 valence electrons. The Morgan fingerprint density at radius 1 is 0.343 bits per heavy atom. The van der Waals surface area contributed by atoms with Gasteiger partial charge in [0, 0.05) is 5.41 Å². The number of halogens is 3. The van der Waals surface area contributed by atoms with Crippen molar-refractivity contribution < 1.29 is 55.8 Å². The molecule has 0 rings (SSSR count). The van der Waals surface area contributed by atoms with Crippen molar-refractivity contribution in [3.63, 3.8) is 0 Å². The molecule has 0 fully saturated rings. The van der Waals surface area contributed by atoms with Crippen molar-refractivity contribution in [1.29, 1.82) is 0 Å². The summed E-state index contributed by atoms with van der Waals surface area (Å²) in [6.45, 7) is 6.43. The third-order valence-corrected chi connectivity index (χ3v) is 4.25. The molecule has 0 aliphatic carbocycles. The average Bonchev–Trinajstić information content (AvgIpc) is 2.86. The van der Waals surface area contributed by atoms with Crippen LogP contribution >= 0.6 is 0 Å². The normalized spacial score (nSPS) is 12.0. The molecule has 0 aromatic heterocycles. The van der Waals surface area contributed by atoms with E-state index in [1.54, 1.807) is 0 Å². The Bertz CT molecular complexity index is 357. The van der Waals surface area contributed by atoms with Gasteiger partial charge in [0.15, 0.2) is 0 Å². The average molecular weight is 523 g/mol. The molecule has 0 N–H and O–H groups in total. The second kappa shape index (κ2) is 28.0. The minimum Gasteiger partial charge on any atom is -0.378 e. The highest BCUT2D eigenvalue weighted by Gasteiger charge is 2.26. The van der Waals surface area contributed by atoms with Crippen molar-refractivity contribution in [3.05, 3.63) is 0 Å². The highest BCUT2D eigenvalue weighted by molar-refractivity contribution is 4.73. The van der Waals surface area contributed by atoms with Gasteiger partial charge in [0.25, 0.3) is 0 Å². The van der Waals surface area contributed by atoms with Gasteiger partial charge in [-0.15, -0.1) is 0 Å². The van der Waals surface area contributed by atoms with E-state index in [1.807, 2.05) is 6.92 Å². The summed E-state index contributed by atoms with van der Waals surface area (Å²) < 4.78 is 84.2. The van der Waals surface area contributed by atoms with Crippen LogP contribution < -0.4 is 0 Å². The Labute approximate surface area is 207 Å². The Morgan fingerprint density at radius 2 is 0.543 bits per heavy atom. The van der Waals surface area contributed by atoms with E-state index in [1.165, 1.54) is 0 Å². The van der Waals surface area contributed by atoms with E-state index < -0.39 is 25.4 Å². The Morgan fingerprint density at radius 3 is 0.771 bits per heavy atom. The van der Waals surface area contributed by atoms with Crippen LogP contribution in [-0.2, 0) is 42.6 Å². The molecule has 0 amide bonds. The molecule has 0 spiro atoms. The summed E-state index contributed by atoms with van der Waals surface area (Å²) in [5.41, 5.74) is -0.404. The Hall–Kier alpha value is -0.570. The van der Waals surface area contributed by atoms with Gasteiger partial charge >= 0.3 is 0 Å². The maximum atomic E-state index is 11.9. The highest BCUT2D eigenvalue weighted by atomic mass is 19.1. The van der Waals surface area contributed by atoms with E-state index in [2.05, 4.69) is 0 Å². The molecule has 12 heteroatoms. The lowest BCUT2D eigenvalue weighted by Gasteiger charge is -2.29. The lowest BCUT2D eigenvalue weighted by molar-refractivity contribution is -0.0828. The van der Waals surface area contributed by atoms with Gasteiger partial charge in [-0.3, -0.25) is 0 Å². The lowest BCUT2D eigenvalue weighted by atomic mass is 9.94. The minimum absolute atomic E-state index is 0.0775. The highest BCUT2D eigenvalue weighted by Crippen LogP contribution is 2.18. The monoisotopic (exact) mass is 522 g/mol. The SMILES string of the molecule is CC(COCCOCCOCCF)(COCCOCCOCCF)COCCOCCOCCF. The van der Waals surface area contributed by atoms with Gasteiger partial charge in [-0.1, -0.05) is 6.92 Å². The third kappa shape index (κ3) is 26.3. The van der Waals surface area contributed by atoms with Crippen LogP contribution in [0.2, 0.25) is 0 Å². The lowest BCUT2D eigenvalue weighted by Crippen LogP contribution is -2.35. The number of rotatable bonds is 30. The molecule has 0 saturated heterocycles. The van der Waals surface area contributed by atoms with Gasteiger partial charge in [-0.25, -0.2) is 13.2 Å². The van der Waals surface area contributed by atoms with Crippen LogP contribution in [0.1, 0.15) is 6.92 Å². The first-order valence-corrected chi connectivity index (χ1v) is 12.1. The van der Waals surface area contributed by atoms with Crippen molar-refractivity contribution in [3.8, 4) is 0 Å². The summed E-state index contributed by atoms with van der Waals surface area (Å²) in [6.07, 6.45) is 0. The largest absolute Gasteiger partial charge is 0.378 e. The molecule has 0 aromatic carbocycles. The molecule has 9 nitrogen and oxygen atoms in total. The summed E-state index contributed by atoms with van der Waals surface area (Å²) in [5, 5.41) is 0. The van der Waals surface area contributed by atoms with Crippen LogP contribution in [0.25, 0.3) is 0 Å². The van der Waals surface area contributed by atoms with Crippen LogP contribution in [0.5, 0.6) is 0 Å². The molecule has 0 aliphatic rings. The van der Waals surface area contributed by atoms with Gasteiger partial charge in [0.05, 0.1) is 119 Å². The van der Waals surface area contributed by atoms with Crippen molar-refractivity contribution in [2.24, 2.45) is 5.41 Å². The van der Waals surface area contributed by atoms with Gasteiger partial charge in [0.2, 0.25) is 0 Å². The maximum Gasteiger partial charge on any atom is 0.113 e. The van der Waals surface area contributed by atoms with Gasteiger partial charge in [-0.05, 0) is 0 Å². The third-order valence-electron chi connectivity index (χ3n) is 4.25. The van der Waals surface area contributed by atoms with Gasteiger partial charge < -0.3 is 42.6 Å². The Balaban J connectivity index is 4.05. The maximum absolute atomic E-state index is 11.9. The van der Waals surface area contributed by atoms with E-state index in [4.69, 9.17) is 42.6 Å². The molecule has 35 heavy (non-hydrogen) atoms. The van der Waals surface area contributed by atoms with Crippen molar-refractivity contribution in [1.82, 2.24) is 0 Å². The molecule has 0 aliphatic heterocycles. The van der Waals surface area contributed by atoms with Crippen molar-refractivity contribution in [2.45, 2.75) is 6.92 Å².